The van der Waals surface area contributed by atoms with Gasteiger partial charge in [0.1, 0.15) is 5.82 Å². The summed E-state index contributed by atoms with van der Waals surface area (Å²) in [4.78, 5) is 21.0. The number of piperazine rings is 1. The molecule has 0 saturated carbocycles. The molecule has 0 aromatic heterocycles. The highest BCUT2D eigenvalue weighted by Crippen LogP contribution is 2.10. The molecule has 2 aromatic carbocycles. The first-order valence-electron chi connectivity index (χ1n) is 9.41. The summed E-state index contributed by atoms with van der Waals surface area (Å²) < 4.78 is 13.2. The number of nitrogens with one attached hydrogen (secondary N) is 2. The fourth-order valence-corrected chi connectivity index (χ4v) is 3.22. The molecular weight excluding hydrogens is 357 g/mol. The highest BCUT2D eigenvalue weighted by Gasteiger charge is 2.20. The molecule has 28 heavy (non-hydrogen) atoms. The number of hydrogen-bond acceptors (Lipinski definition) is 3. The minimum Gasteiger partial charge on any atom is -0.347 e. The van der Waals surface area contributed by atoms with E-state index in [0.717, 1.165) is 32.7 Å². The lowest BCUT2D eigenvalue weighted by Gasteiger charge is -2.36. The number of nitrogens with zero attached hydrogens (tertiary/aromatic N) is 3. The molecule has 0 atom stereocenters. The Balaban J connectivity index is 1.43. The van der Waals surface area contributed by atoms with Crippen LogP contribution in [-0.2, 0) is 11.3 Å². The zero-order valence-corrected chi connectivity index (χ0v) is 16.1. The Morgan fingerprint density at radius 1 is 1.07 bits per heavy atom. The van der Waals surface area contributed by atoms with Crippen LogP contribution in [0.4, 0.5) is 10.1 Å². The second-order valence-electron chi connectivity index (χ2n) is 6.71. The number of halogens is 1. The van der Waals surface area contributed by atoms with E-state index in [4.69, 9.17) is 0 Å². The molecule has 148 valence electrons. The van der Waals surface area contributed by atoms with Crippen LogP contribution in [0.5, 0.6) is 0 Å². The van der Waals surface area contributed by atoms with Crippen molar-refractivity contribution >= 4 is 17.6 Å². The second kappa shape index (κ2) is 9.85. The minimum atomic E-state index is -0.380. The van der Waals surface area contributed by atoms with Crippen molar-refractivity contribution in [1.82, 2.24) is 15.1 Å². The molecule has 0 radical (unpaired) electrons. The van der Waals surface area contributed by atoms with Gasteiger partial charge in [0.2, 0.25) is 5.91 Å². The summed E-state index contributed by atoms with van der Waals surface area (Å²) >= 11 is 0. The van der Waals surface area contributed by atoms with Crippen LogP contribution in [0.15, 0.2) is 59.6 Å². The number of guanidine groups is 1. The summed E-state index contributed by atoms with van der Waals surface area (Å²) in [6.07, 6.45) is 0. The lowest BCUT2D eigenvalue weighted by Crippen LogP contribution is -2.53. The second-order valence-corrected chi connectivity index (χ2v) is 6.71. The standard InChI is InChI=1S/C21H26FN5O/c1-23-21(24-15-20(28)25-19-9-5-8-18(22)14-19)27-12-10-26(11-13-27)16-17-6-3-2-4-7-17/h2-9,14H,10-13,15-16H2,1H3,(H,23,24)(H,25,28). The Morgan fingerprint density at radius 3 is 2.50 bits per heavy atom. The SMILES string of the molecule is CN=C(NCC(=O)Nc1cccc(F)c1)N1CCN(Cc2ccccc2)CC1. The van der Waals surface area contributed by atoms with E-state index in [-0.39, 0.29) is 18.3 Å². The van der Waals surface area contributed by atoms with E-state index in [9.17, 15) is 9.18 Å². The third-order valence-corrected chi connectivity index (χ3v) is 4.65. The summed E-state index contributed by atoms with van der Waals surface area (Å²) in [7, 11) is 1.71. The lowest BCUT2D eigenvalue weighted by atomic mass is 10.2. The maximum Gasteiger partial charge on any atom is 0.243 e. The fraction of sp³-hybridized carbons (Fsp3) is 0.333. The van der Waals surface area contributed by atoms with Gasteiger partial charge in [-0.1, -0.05) is 36.4 Å². The van der Waals surface area contributed by atoms with Gasteiger partial charge in [0.25, 0.3) is 0 Å². The molecule has 1 saturated heterocycles. The number of carbonyl (C=O) groups is 1. The van der Waals surface area contributed by atoms with E-state index in [0.29, 0.717) is 11.6 Å². The van der Waals surface area contributed by atoms with E-state index in [1.807, 2.05) is 6.07 Å². The van der Waals surface area contributed by atoms with Crippen molar-refractivity contribution in [2.75, 3.05) is 45.1 Å². The number of anilines is 1. The first-order chi connectivity index (χ1) is 13.6. The molecule has 3 rings (SSSR count). The van der Waals surface area contributed by atoms with E-state index in [1.54, 1.807) is 19.2 Å². The van der Waals surface area contributed by atoms with Crippen LogP contribution in [0.2, 0.25) is 0 Å². The van der Waals surface area contributed by atoms with Gasteiger partial charge in [-0.15, -0.1) is 0 Å². The van der Waals surface area contributed by atoms with Gasteiger partial charge >= 0.3 is 0 Å². The van der Waals surface area contributed by atoms with E-state index < -0.39 is 0 Å². The number of aliphatic imine (C=N–C) groups is 1. The molecule has 6 nitrogen and oxygen atoms in total. The Labute approximate surface area is 165 Å². The van der Waals surface area contributed by atoms with Crippen molar-refractivity contribution in [2.45, 2.75) is 6.54 Å². The van der Waals surface area contributed by atoms with Crippen LogP contribution in [0, 0.1) is 5.82 Å². The van der Waals surface area contributed by atoms with Crippen molar-refractivity contribution in [3.05, 3.63) is 66.0 Å². The quantitative estimate of drug-likeness (QED) is 0.614. The monoisotopic (exact) mass is 383 g/mol. The van der Waals surface area contributed by atoms with Crippen LogP contribution in [0.3, 0.4) is 0 Å². The van der Waals surface area contributed by atoms with Crippen molar-refractivity contribution in [3.63, 3.8) is 0 Å². The lowest BCUT2D eigenvalue weighted by molar-refractivity contribution is -0.115. The van der Waals surface area contributed by atoms with Crippen LogP contribution in [-0.4, -0.2) is 61.4 Å². The zero-order valence-electron chi connectivity index (χ0n) is 16.1. The Hall–Kier alpha value is -2.93. The topological polar surface area (TPSA) is 60.0 Å². The number of rotatable bonds is 5. The number of hydrogen-bond donors (Lipinski definition) is 2. The molecule has 0 unspecified atom stereocenters. The van der Waals surface area contributed by atoms with Crippen molar-refractivity contribution in [1.29, 1.82) is 0 Å². The zero-order chi connectivity index (χ0) is 19.8. The summed E-state index contributed by atoms with van der Waals surface area (Å²) in [5.41, 5.74) is 1.75. The summed E-state index contributed by atoms with van der Waals surface area (Å²) in [6, 6.07) is 16.3. The van der Waals surface area contributed by atoms with Gasteiger partial charge in [0.15, 0.2) is 5.96 Å². The molecule has 2 aromatic rings. The normalized spacial score (nSPS) is 15.4. The van der Waals surface area contributed by atoms with Crippen molar-refractivity contribution < 1.29 is 9.18 Å². The van der Waals surface area contributed by atoms with Gasteiger partial charge < -0.3 is 15.5 Å². The third kappa shape index (κ3) is 5.79. The Bertz CT molecular complexity index is 803. The van der Waals surface area contributed by atoms with E-state index >= 15 is 0 Å². The predicted molar refractivity (Wildman–Crippen MR) is 110 cm³/mol. The van der Waals surface area contributed by atoms with E-state index in [1.165, 1.54) is 17.7 Å². The van der Waals surface area contributed by atoms with Gasteiger partial charge in [-0.2, -0.15) is 0 Å². The Morgan fingerprint density at radius 2 is 1.82 bits per heavy atom. The highest BCUT2D eigenvalue weighted by molar-refractivity contribution is 5.95. The van der Waals surface area contributed by atoms with Gasteiger partial charge in [-0.3, -0.25) is 14.7 Å². The van der Waals surface area contributed by atoms with Crippen LogP contribution >= 0.6 is 0 Å². The number of amides is 1. The third-order valence-electron chi connectivity index (χ3n) is 4.65. The largest absolute Gasteiger partial charge is 0.347 e. The van der Waals surface area contributed by atoms with Crippen LogP contribution in [0.25, 0.3) is 0 Å². The van der Waals surface area contributed by atoms with Gasteiger partial charge in [0.05, 0.1) is 6.54 Å². The summed E-state index contributed by atoms with van der Waals surface area (Å²) in [5, 5.41) is 5.77. The average Bonchev–Trinajstić information content (AvgIpc) is 2.70. The van der Waals surface area contributed by atoms with Gasteiger partial charge in [-0.05, 0) is 23.8 Å². The molecule has 1 heterocycles. The van der Waals surface area contributed by atoms with Crippen LogP contribution in [0.1, 0.15) is 5.56 Å². The maximum absolute atomic E-state index is 13.2. The molecular formula is C21H26FN5O. The molecule has 7 heteroatoms. The fourth-order valence-electron chi connectivity index (χ4n) is 3.22. The molecule has 1 fully saturated rings. The first-order valence-corrected chi connectivity index (χ1v) is 9.41. The van der Waals surface area contributed by atoms with Crippen molar-refractivity contribution in [3.8, 4) is 0 Å². The maximum atomic E-state index is 13.2. The van der Waals surface area contributed by atoms with Crippen molar-refractivity contribution in [2.24, 2.45) is 4.99 Å². The molecule has 1 amide bonds. The minimum absolute atomic E-state index is 0.0768. The van der Waals surface area contributed by atoms with E-state index in [2.05, 4.69) is 49.7 Å². The molecule has 0 aliphatic carbocycles. The molecule has 2 N–H and O–H groups in total. The summed E-state index contributed by atoms with van der Waals surface area (Å²) in [6.45, 7) is 4.58. The smallest absolute Gasteiger partial charge is 0.243 e. The molecule has 1 aliphatic heterocycles. The van der Waals surface area contributed by atoms with Crippen LogP contribution < -0.4 is 10.6 Å². The first kappa shape index (κ1) is 19.8. The molecule has 1 aliphatic rings. The highest BCUT2D eigenvalue weighted by atomic mass is 19.1. The van der Waals surface area contributed by atoms with Gasteiger partial charge in [-0.25, -0.2) is 4.39 Å². The molecule has 0 spiro atoms. The molecule has 0 bridgehead atoms. The average molecular weight is 383 g/mol. The Kier molecular flexibility index (Phi) is 6.97. The number of carbonyl (C=O) groups excluding carboxylic acids is 1. The summed E-state index contributed by atoms with van der Waals surface area (Å²) in [5.74, 6) is 0.0816. The number of benzene rings is 2. The van der Waals surface area contributed by atoms with Gasteiger partial charge in [0, 0.05) is 45.5 Å². The predicted octanol–water partition coefficient (Wildman–Crippen LogP) is 2.16.